The van der Waals surface area contributed by atoms with E-state index in [4.69, 9.17) is 16.3 Å². The summed E-state index contributed by atoms with van der Waals surface area (Å²) in [6.45, 7) is 7.34. The van der Waals surface area contributed by atoms with Gasteiger partial charge in [-0.1, -0.05) is 18.2 Å². The zero-order valence-corrected chi connectivity index (χ0v) is 10.6. The number of carbonyl (C=O) groups is 1. The summed E-state index contributed by atoms with van der Waals surface area (Å²) < 4.78 is 6.36. The Labute approximate surface area is 104 Å². The fourth-order valence-electron chi connectivity index (χ4n) is 1.49. The highest BCUT2D eigenvalue weighted by molar-refractivity contribution is 6.40. The maximum atomic E-state index is 11.6. The minimum absolute atomic E-state index is 0.0916. The zero-order valence-electron chi connectivity index (χ0n) is 9.83. The summed E-state index contributed by atoms with van der Waals surface area (Å²) in [5.41, 5.74) is 1.63. The van der Waals surface area contributed by atoms with E-state index in [0.717, 1.165) is 11.3 Å². The van der Waals surface area contributed by atoms with E-state index < -0.39 is 5.97 Å². The second kappa shape index (κ2) is 5.68. The molecule has 0 saturated heterocycles. The van der Waals surface area contributed by atoms with Crippen molar-refractivity contribution in [2.24, 2.45) is 0 Å². The third kappa shape index (κ3) is 3.75. The SMILES string of the molecule is C=C(Cl)C(=O)OCCn1c(C)cc(C)cc1=O. The van der Waals surface area contributed by atoms with Crippen molar-refractivity contribution in [3.05, 3.63) is 45.4 Å². The van der Waals surface area contributed by atoms with Crippen LogP contribution < -0.4 is 5.56 Å². The molecule has 0 aliphatic heterocycles. The minimum Gasteiger partial charge on any atom is -0.460 e. The number of aromatic nitrogens is 1. The molecule has 0 aromatic carbocycles. The molecule has 0 aliphatic carbocycles. The molecule has 92 valence electrons. The Morgan fingerprint density at radius 1 is 1.47 bits per heavy atom. The van der Waals surface area contributed by atoms with E-state index in [-0.39, 0.29) is 17.2 Å². The minimum atomic E-state index is -0.663. The van der Waals surface area contributed by atoms with E-state index in [1.807, 2.05) is 19.9 Å². The van der Waals surface area contributed by atoms with Crippen LogP contribution in [0.15, 0.2) is 28.5 Å². The number of halogens is 1. The van der Waals surface area contributed by atoms with Gasteiger partial charge < -0.3 is 9.30 Å². The molecule has 0 unspecified atom stereocenters. The lowest BCUT2D eigenvalue weighted by Gasteiger charge is -2.10. The van der Waals surface area contributed by atoms with Gasteiger partial charge >= 0.3 is 5.97 Å². The van der Waals surface area contributed by atoms with Gasteiger partial charge in [0.05, 0.1) is 6.54 Å². The standard InChI is InChI=1S/C12H14ClNO3/c1-8-6-9(2)14(11(15)7-8)4-5-17-12(16)10(3)13/h6-7H,3-5H2,1-2H3. The Morgan fingerprint density at radius 3 is 2.65 bits per heavy atom. The average molecular weight is 256 g/mol. The second-order valence-electron chi connectivity index (χ2n) is 3.70. The van der Waals surface area contributed by atoms with Crippen LogP contribution in [-0.4, -0.2) is 17.1 Å². The molecular weight excluding hydrogens is 242 g/mol. The highest BCUT2D eigenvalue weighted by Gasteiger charge is 2.06. The quantitative estimate of drug-likeness (QED) is 0.608. The Hall–Kier alpha value is -1.55. The van der Waals surface area contributed by atoms with E-state index in [9.17, 15) is 9.59 Å². The lowest BCUT2D eigenvalue weighted by atomic mass is 10.2. The predicted molar refractivity (Wildman–Crippen MR) is 66.1 cm³/mol. The molecule has 1 aromatic heterocycles. The summed E-state index contributed by atoms with van der Waals surface area (Å²) in [7, 11) is 0. The number of aryl methyl sites for hydroxylation is 2. The molecule has 0 amide bonds. The van der Waals surface area contributed by atoms with Gasteiger partial charge in [0.1, 0.15) is 11.6 Å². The van der Waals surface area contributed by atoms with Crippen molar-refractivity contribution < 1.29 is 9.53 Å². The first-order chi connectivity index (χ1) is 7.91. The van der Waals surface area contributed by atoms with Crippen molar-refractivity contribution in [3.8, 4) is 0 Å². The number of pyridine rings is 1. The van der Waals surface area contributed by atoms with Gasteiger partial charge in [-0.15, -0.1) is 0 Å². The Bertz CT molecular complexity index is 505. The van der Waals surface area contributed by atoms with Crippen LogP contribution >= 0.6 is 11.6 Å². The fraction of sp³-hybridized carbons (Fsp3) is 0.333. The van der Waals surface area contributed by atoms with Crippen LogP contribution in [0.25, 0.3) is 0 Å². The van der Waals surface area contributed by atoms with Crippen molar-refractivity contribution in [2.75, 3.05) is 6.61 Å². The molecule has 0 atom stereocenters. The van der Waals surface area contributed by atoms with E-state index in [1.54, 1.807) is 0 Å². The van der Waals surface area contributed by atoms with Crippen LogP contribution in [0, 0.1) is 13.8 Å². The zero-order chi connectivity index (χ0) is 13.0. The number of ether oxygens (including phenoxy) is 1. The Balaban J connectivity index is 2.68. The lowest BCUT2D eigenvalue weighted by Crippen LogP contribution is -2.24. The number of hydrogen-bond donors (Lipinski definition) is 0. The van der Waals surface area contributed by atoms with Gasteiger partial charge in [-0.25, -0.2) is 4.79 Å². The number of rotatable bonds is 4. The molecule has 0 spiro atoms. The molecule has 17 heavy (non-hydrogen) atoms. The van der Waals surface area contributed by atoms with Gasteiger partial charge in [0.2, 0.25) is 0 Å². The van der Waals surface area contributed by atoms with Crippen molar-refractivity contribution in [1.29, 1.82) is 0 Å². The fourth-order valence-corrected chi connectivity index (χ4v) is 1.54. The van der Waals surface area contributed by atoms with E-state index in [2.05, 4.69) is 6.58 Å². The topological polar surface area (TPSA) is 48.3 Å². The molecule has 0 saturated carbocycles. The molecule has 1 aromatic rings. The molecular formula is C12H14ClNO3. The third-order valence-electron chi connectivity index (χ3n) is 2.25. The summed E-state index contributed by atoms with van der Waals surface area (Å²) in [6, 6.07) is 3.43. The normalized spacial score (nSPS) is 10.1. The molecule has 4 nitrogen and oxygen atoms in total. The smallest absolute Gasteiger partial charge is 0.349 e. The van der Waals surface area contributed by atoms with Crippen LogP contribution in [0.3, 0.4) is 0 Å². The van der Waals surface area contributed by atoms with Crippen molar-refractivity contribution >= 4 is 17.6 Å². The van der Waals surface area contributed by atoms with E-state index >= 15 is 0 Å². The van der Waals surface area contributed by atoms with Crippen LogP contribution in [0.1, 0.15) is 11.3 Å². The number of esters is 1. The van der Waals surface area contributed by atoms with Gasteiger partial charge in [-0.3, -0.25) is 4.79 Å². The van der Waals surface area contributed by atoms with Crippen LogP contribution in [0.5, 0.6) is 0 Å². The van der Waals surface area contributed by atoms with Crippen LogP contribution in [-0.2, 0) is 16.1 Å². The lowest BCUT2D eigenvalue weighted by molar-refractivity contribution is -0.138. The number of carbonyl (C=O) groups excluding carboxylic acids is 1. The van der Waals surface area contributed by atoms with Crippen molar-refractivity contribution in [3.63, 3.8) is 0 Å². The first-order valence-electron chi connectivity index (χ1n) is 5.11. The number of nitrogens with zero attached hydrogens (tertiary/aromatic N) is 1. The summed E-state index contributed by atoms with van der Waals surface area (Å²) in [5.74, 6) is -0.663. The molecule has 0 radical (unpaired) electrons. The Morgan fingerprint density at radius 2 is 2.12 bits per heavy atom. The highest BCUT2D eigenvalue weighted by Crippen LogP contribution is 2.02. The summed E-state index contributed by atoms with van der Waals surface area (Å²) in [4.78, 5) is 22.7. The molecule has 5 heteroatoms. The third-order valence-corrected chi connectivity index (χ3v) is 2.40. The van der Waals surface area contributed by atoms with Crippen molar-refractivity contribution in [2.45, 2.75) is 20.4 Å². The molecule has 1 rings (SSSR count). The maximum absolute atomic E-state index is 11.6. The molecule has 0 bridgehead atoms. The summed E-state index contributed by atoms with van der Waals surface area (Å²) in [6.07, 6.45) is 0. The van der Waals surface area contributed by atoms with Gasteiger partial charge in [0.15, 0.2) is 0 Å². The largest absolute Gasteiger partial charge is 0.460 e. The van der Waals surface area contributed by atoms with Gasteiger partial charge in [-0.05, 0) is 25.5 Å². The monoisotopic (exact) mass is 255 g/mol. The van der Waals surface area contributed by atoms with E-state index in [0.29, 0.717) is 6.54 Å². The molecule has 0 N–H and O–H groups in total. The molecule has 0 aliphatic rings. The van der Waals surface area contributed by atoms with Gasteiger partial charge in [-0.2, -0.15) is 0 Å². The predicted octanol–water partition coefficient (Wildman–Crippen LogP) is 1.76. The first kappa shape index (κ1) is 13.5. The van der Waals surface area contributed by atoms with Crippen LogP contribution in [0.4, 0.5) is 0 Å². The molecule has 0 fully saturated rings. The van der Waals surface area contributed by atoms with Gasteiger partial charge in [0.25, 0.3) is 5.56 Å². The number of hydrogen-bond acceptors (Lipinski definition) is 3. The first-order valence-corrected chi connectivity index (χ1v) is 5.49. The summed E-state index contributed by atoms with van der Waals surface area (Å²) in [5, 5.41) is -0.169. The summed E-state index contributed by atoms with van der Waals surface area (Å²) >= 11 is 5.36. The molecule has 1 heterocycles. The van der Waals surface area contributed by atoms with Gasteiger partial charge in [0, 0.05) is 11.8 Å². The second-order valence-corrected chi connectivity index (χ2v) is 4.16. The van der Waals surface area contributed by atoms with Crippen LogP contribution in [0.2, 0.25) is 0 Å². The van der Waals surface area contributed by atoms with Crippen molar-refractivity contribution in [1.82, 2.24) is 4.57 Å². The Kier molecular flexibility index (Phi) is 4.52. The average Bonchev–Trinajstić information content (AvgIpc) is 2.21. The highest BCUT2D eigenvalue weighted by atomic mass is 35.5. The van der Waals surface area contributed by atoms with E-state index in [1.165, 1.54) is 10.6 Å². The maximum Gasteiger partial charge on any atom is 0.349 e.